The molecule has 2 N–H and O–H groups in total. The molecule has 3 heteroatoms. The van der Waals surface area contributed by atoms with E-state index in [0.29, 0.717) is 23.3 Å². The first-order chi connectivity index (χ1) is 16.5. The van der Waals surface area contributed by atoms with Crippen LogP contribution < -0.4 is 0 Å². The van der Waals surface area contributed by atoms with Gasteiger partial charge in [-0.2, -0.15) is 0 Å². The zero-order chi connectivity index (χ0) is 23.7. The molecule has 2 aromatic carbocycles. The molecule has 3 fully saturated rings. The van der Waals surface area contributed by atoms with Gasteiger partial charge in [-0.3, -0.25) is 0 Å². The van der Waals surface area contributed by atoms with Gasteiger partial charge in [0.15, 0.2) is 0 Å². The maximum Gasteiger partial charge on any atom is 0.119 e. The van der Waals surface area contributed by atoms with Crippen LogP contribution in [0.5, 0.6) is 11.5 Å². The van der Waals surface area contributed by atoms with Crippen LogP contribution in [0.1, 0.15) is 129 Å². The summed E-state index contributed by atoms with van der Waals surface area (Å²) in [5.41, 5.74) is 7.57. The van der Waals surface area contributed by atoms with Crippen molar-refractivity contribution in [2.75, 3.05) is 5.75 Å². The minimum atomic E-state index is -0.0966. The van der Waals surface area contributed by atoms with E-state index in [4.69, 9.17) is 0 Å². The third-order valence-electron chi connectivity index (χ3n) is 8.98. The molecule has 0 spiro atoms. The van der Waals surface area contributed by atoms with Crippen molar-refractivity contribution in [3.63, 3.8) is 0 Å². The lowest BCUT2D eigenvalue weighted by Crippen LogP contribution is -2.30. The Kier molecular flexibility index (Phi) is 7.21. The first-order valence-corrected chi connectivity index (χ1v) is 14.8. The van der Waals surface area contributed by atoms with Crippen molar-refractivity contribution < 1.29 is 10.2 Å². The Morgan fingerprint density at radius 1 is 0.647 bits per heavy atom. The maximum atomic E-state index is 11.0. The zero-order valence-electron chi connectivity index (χ0n) is 21.2. The van der Waals surface area contributed by atoms with Gasteiger partial charge in [0.05, 0.1) is 4.75 Å². The Morgan fingerprint density at radius 2 is 1.12 bits per heavy atom. The fraction of sp³-hybridized carbons (Fsp3) is 0.613. The molecule has 2 aliphatic carbocycles. The average molecular weight is 479 g/mol. The Labute approximate surface area is 210 Å². The Morgan fingerprint density at radius 3 is 1.53 bits per heavy atom. The van der Waals surface area contributed by atoms with Gasteiger partial charge in [0, 0.05) is 0 Å². The molecule has 1 aliphatic heterocycles. The van der Waals surface area contributed by atoms with Crippen LogP contribution in [0.2, 0.25) is 0 Å². The highest BCUT2D eigenvalue weighted by molar-refractivity contribution is 8.00. The molecule has 0 atom stereocenters. The highest BCUT2D eigenvalue weighted by Crippen LogP contribution is 2.54. The summed E-state index contributed by atoms with van der Waals surface area (Å²) >= 11 is 2.10. The molecule has 3 aliphatic rings. The molecular weight excluding hydrogens is 436 g/mol. The van der Waals surface area contributed by atoms with Gasteiger partial charge in [-0.25, -0.2) is 0 Å². The van der Waals surface area contributed by atoms with Crippen LogP contribution in [-0.2, 0) is 4.75 Å². The van der Waals surface area contributed by atoms with Gasteiger partial charge in [-0.1, -0.05) is 44.9 Å². The van der Waals surface area contributed by atoms with Crippen molar-refractivity contribution >= 4 is 11.8 Å². The van der Waals surface area contributed by atoms with E-state index in [1.165, 1.54) is 110 Å². The number of hydrogen-bond donors (Lipinski definition) is 2. The predicted octanol–water partition coefficient (Wildman–Crippen LogP) is 8.97. The van der Waals surface area contributed by atoms with Crippen molar-refractivity contribution in [3.05, 3.63) is 57.6 Å². The second kappa shape index (κ2) is 10.2. The summed E-state index contributed by atoms with van der Waals surface area (Å²) < 4.78 is -0.0966. The number of phenols is 2. The average Bonchev–Trinajstić information content (AvgIpc) is 2.85. The van der Waals surface area contributed by atoms with E-state index < -0.39 is 0 Å². The summed E-state index contributed by atoms with van der Waals surface area (Å²) in [6, 6.07) is 8.89. The van der Waals surface area contributed by atoms with Crippen molar-refractivity contribution in [1.82, 2.24) is 0 Å². The molecule has 0 unspecified atom stereocenters. The van der Waals surface area contributed by atoms with Gasteiger partial charge in [0.2, 0.25) is 0 Å². The normalized spacial score (nSPS) is 22.1. The molecule has 0 bridgehead atoms. The van der Waals surface area contributed by atoms with E-state index in [2.05, 4.69) is 37.7 Å². The lowest BCUT2D eigenvalue weighted by molar-refractivity contribution is 0.412. The third-order valence-corrected chi connectivity index (χ3v) is 10.6. The van der Waals surface area contributed by atoms with E-state index in [1.807, 2.05) is 12.1 Å². The number of thioether (sulfide) groups is 1. The van der Waals surface area contributed by atoms with Gasteiger partial charge >= 0.3 is 0 Å². The fourth-order valence-corrected chi connectivity index (χ4v) is 8.87. The minimum absolute atomic E-state index is 0.0966. The van der Waals surface area contributed by atoms with Crippen molar-refractivity contribution in [3.8, 4) is 11.5 Å². The summed E-state index contributed by atoms with van der Waals surface area (Å²) in [5.74, 6) is 3.12. The van der Waals surface area contributed by atoms with E-state index in [0.717, 1.165) is 12.2 Å². The molecule has 2 aromatic rings. The van der Waals surface area contributed by atoms with Crippen molar-refractivity contribution in [2.24, 2.45) is 0 Å². The van der Waals surface area contributed by atoms with Crippen LogP contribution in [-0.4, -0.2) is 16.0 Å². The van der Waals surface area contributed by atoms with Gasteiger partial charge in [-0.15, -0.1) is 11.8 Å². The Hall–Kier alpha value is -1.61. The van der Waals surface area contributed by atoms with Crippen LogP contribution in [0.15, 0.2) is 24.3 Å². The van der Waals surface area contributed by atoms with Crippen LogP contribution in [0.3, 0.4) is 0 Å². The number of hydrogen-bond acceptors (Lipinski definition) is 3. The van der Waals surface area contributed by atoms with Crippen molar-refractivity contribution in [1.29, 1.82) is 0 Å². The number of phenolic OH excluding ortho intramolecular Hbond substituents is 2. The molecule has 2 nitrogen and oxygen atoms in total. The molecule has 0 amide bonds. The van der Waals surface area contributed by atoms with Gasteiger partial charge in [0.25, 0.3) is 0 Å². The monoisotopic (exact) mass is 478 g/mol. The van der Waals surface area contributed by atoms with E-state index in [9.17, 15) is 10.2 Å². The molecule has 0 aromatic heterocycles. The largest absolute Gasteiger partial charge is 0.508 e. The molecule has 5 rings (SSSR count). The molecule has 1 heterocycles. The number of aromatic hydroxyl groups is 2. The third kappa shape index (κ3) is 4.50. The lowest BCUT2D eigenvalue weighted by atomic mass is 9.76. The first kappa shape index (κ1) is 24.1. The summed E-state index contributed by atoms with van der Waals surface area (Å²) in [7, 11) is 0. The molecular formula is C31H42O2S. The van der Waals surface area contributed by atoms with E-state index in [1.54, 1.807) is 0 Å². The number of aryl methyl sites for hydroxylation is 2. The summed E-state index contributed by atoms with van der Waals surface area (Å²) in [6.07, 6.45) is 16.1. The number of rotatable bonds is 4. The zero-order valence-corrected chi connectivity index (χ0v) is 22.0. The molecule has 184 valence electrons. The van der Waals surface area contributed by atoms with Crippen LogP contribution in [0, 0.1) is 13.8 Å². The van der Waals surface area contributed by atoms with E-state index >= 15 is 0 Å². The summed E-state index contributed by atoms with van der Waals surface area (Å²) in [5, 5.41) is 22.0. The molecule has 0 radical (unpaired) electrons. The topological polar surface area (TPSA) is 40.5 Å². The second-order valence-electron chi connectivity index (χ2n) is 11.3. The minimum Gasteiger partial charge on any atom is -0.508 e. The molecule has 34 heavy (non-hydrogen) atoms. The smallest absolute Gasteiger partial charge is 0.119 e. The van der Waals surface area contributed by atoms with Gasteiger partial charge in [0.1, 0.15) is 11.5 Å². The van der Waals surface area contributed by atoms with Crippen LogP contribution in [0.25, 0.3) is 0 Å². The Balaban J connectivity index is 1.64. The first-order valence-electron chi connectivity index (χ1n) is 13.8. The quantitative estimate of drug-likeness (QED) is 0.460. The SMILES string of the molecule is Cc1cc(O)c(C2CCCCC2)cc1C1(c2cc(C3CCCCC3)c(O)cc2C)CCCCS1. The Bertz CT molecular complexity index is 933. The van der Waals surface area contributed by atoms with Crippen LogP contribution >= 0.6 is 11.8 Å². The van der Waals surface area contributed by atoms with Gasteiger partial charge in [-0.05, 0) is 128 Å². The van der Waals surface area contributed by atoms with Gasteiger partial charge < -0.3 is 10.2 Å². The van der Waals surface area contributed by atoms with Crippen LogP contribution in [0.4, 0.5) is 0 Å². The predicted molar refractivity (Wildman–Crippen MR) is 144 cm³/mol. The molecule has 1 saturated heterocycles. The molecule has 2 saturated carbocycles. The lowest BCUT2D eigenvalue weighted by Gasteiger charge is -2.41. The standard InChI is InChI=1S/C31H42O2S/c1-21-17-29(32)25(23-11-5-3-6-12-23)19-27(21)31(15-9-10-16-34-31)28-20-26(30(33)18-22(28)2)24-13-7-4-8-14-24/h17-20,23-24,32-33H,3-16H2,1-2H3. The highest BCUT2D eigenvalue weighted by Gasteiger charge is 2.40. The van der Waals surface area contributed by atoms with Crippen molar-refractivity contribution in [2.45, 2.75) is 114 Å². The maximum absolute atomic E-state index is 11.0. The second-order valence-corrected chi connectivity index (χ2v) is 12.6. The van der Waals surface area contributed by atoms with E-state index in [-0.39, 0.29) is 4.75 Å². The summed E-state index contributed by atoms with van der Waals surface area (Å²) in [6.45, 7) is 4.38. The highest BCUT2D eigenvalue weighted by atomic mass is 32.2. The number of benzene rings is 2. The summed E-state index contributed by atoms with van der Waals surface area (Å²) in [4.78, 5) is 0. The fourth-order valence-electron chi connectivity index (χ4n) is 7.13.